The average molecular weight is 1190 g/mol. The Labute approximate surface area is 455 Å². The zero-order valence-corrected chi connectivity index (χ0v) is 47.3. The van der Waals surface area contributed by atoms with Gasteiger partial charge in [-0.3, -0.25) is 28.0 Å². The predicted octanol–water partition coefficient (Wildman–Crippen LogP) is 6.97. The smallest absolute Gasteiger partial charge is 0.295 e. The molecule has 2 aliphatic heterocycles. The Morgan fingerprint density at radius 1 is 0.782 bits per heavy atom. The molecule has 6 aromatic rings. The molecule has 0 atom stereocenters. The molecule has 0 saturated heterocycles. The Balaban J connectivity index is 1.30. The molecule has 4 heterocycles. The Morgan fingerprint density at radius 2 is 1.47 bits per heavy atom. The number of hydrogen-bond acceptors (Lipinski definition) is 16. The van der Waals surface area contributed by atoms with Gasteiger partial charge in [0.1, 0.15) is 11.4 Å². The molecule has 1 amide bonds. The number of primary sulfonamides is 1. The van der Waals surface area contributed by atoms with E-state index >= 15 is 0 Å². The van der Waals surface area contributed by atoms with Crippen molar-refractivity contribution in [1.82, 2.24) is 15.2 Å². The van der Waals surface area contributed by atoms with Crippen LogP contribution in [0.5, 0.6) is 0 Å². The molecular formula is C50H54N7O15S6+. The highest BCUT2D eigenvalue weighted by atomic mass is 32.3. The maximum absolute atomic E-state index is 13.1. The summed E-state index contributed by atoms with van der Waals surface area (Å²) in [5.41, 5.74) is 3.17. The number of allylic oxidation sites excluding steroid dienone is 6. The highest BCUT2D eigenvalue weighted by Gasteiger charge is 2.47. The van der Waals surface area contributed by atoms with Crippen LogP contribution in [0.2, 0.25) is 0 Å². The van der Waals surface area contributed by atoms with E-state index in [-0.39, 0.29) is 46.6 Å². The van der Waals surface area contributed by atoms with Gasteiger partial charge in [-0.1, -0.05) is 56.7 Å². The Kier molecular flexibility index (Phi) is 15.7. The van der Waals surface area contributed by atoms with E-state index in [1.807, 2.05) is 45.1 Å². The molecule has 28 heteroatoms. The first-order chi connectivity index (χ1) is 36.2. The summed E-state index contributed by atoms with van der Waals surface area (Å²) in [4.78, 5) is 18.1. The molecule has 8 rings (SSSR count). The number of hydrogen-bond donors (Lipinski definition) is 6. The molecule has 0 unspecified atom stereocenters. The van der Waals surface area contributed by atoms with Crippen LogP contribution >= 0.6 is 11.3 Å². The number of rotatable bonds is 19. The number of carbonyl (C=O) groups is 1. The molecule has 414 valence electrons. The molecule has 0 spiro atoms. The minimum atomic E-state index is -5.09. The molecule has 2 aromatic heterocycles. The number of carbonyl (C=O) groups excluding carboxylic acids is 1. The zero-order valence-electron chi connectivity index (χ0n) is 42.4. The molecule has 2 aliphatic rings. The van der Waals surface area contributed by atoms with Gasteiger partial charge < -0.3 is 10.2 Å². The van der Waals surface area contributed by atoms with Crippen LogP contribution in [-0.2, 0) is 72.5 Å². The van der Waals surface area contributed by atoms with Gasteiger partial charge in [0.05, 0.1) is 26.7 Å². The van der Waals surface area contributed by atoms with Crippen molar-refractivity contribution < 1.29 is 69.7 Å². The maximum atomic E-state index is 13.1. The van der Waals surface area contributed by atoms with Gasteiger partial charge in [-0.15, -0.1) is 10.2 Å². The standard InChI is InChI=1S/C50H53N7O15S6/c1-6-7-23-56-39-16-11-31-10-14-33(76(64,65)66)27-36(31)45(39)49(2,3)42(56)18-12-32(38-26-30(21-22-52-38)9-20-44(58)53-47-54-55-48(73-47)75(51,62)63)13-19-43-50(4,5)46-37-28-34(77(67,68)69)29-41(78(70,71)72)35(37)15-17-40(46)57(43)24-8-25-74(59,60)61/h10-19,21-22,26-29H,6-9,20,23-25H2,1-5H3,(H6-,51,53,54,58,59,60,61,62,63,64,65,66,67,68,69,70,71,72)/p+1. The highest BCUT2D eigenvalue weighted by Crippen LogP contribution is 2.52. The molecule has 0 bridgehead atoms. The van der Waals surface area contributed by atoms with Crippen molar-refractivity contribution >= 4 is 117 Å². The molecule has 4 aromatic carbocycles. The maximum Gasteiger partial charge on any atom is 0.295 e. The van der Waals surface area contributed by atoms with E-state index in [0.717, 1.165) is 41.2 Å². The number of unbranched alkanes of at least 4 members (excludes halogenated alkanes) is 1. The number of nitrogens with one attached hydrogen (secondary N) is 1. The van der Waals surface area contributed by atoms with Crippen molar-refractivity contribution in [3.8, 4) is 0 Å². The summed E-state index contributed by atoms with van der Waals surface area (Å²) >= 11 is 0.587. The number of nitrogens with two attached hydrogens (primary N) is 1. The van der Waals surface area contributed by atoms with E-state index < -0.39 is 87.1 Å². The molecule has 22 nitrogen and oxygen atoms in total. The van der Waals surface area contributed by atoms with Crippen LogP contribution in [0, 0.1) is 0 Å². The SMILES string of the molecule is CCCCN1C(=CC=C(C=CC2=[N+](CCCS(=O)(=O)O)c3ccc4c(S(=O)(=O)O)cc(S(=O)(=O)O)cc4c3C2(C)C)c2cc(CCC(=O)Nc3nnc(S(N)(=O)=O)s3)ccn2)C(C)(C)c2c1ccc1ccc(S(=O)(=O)O)cc21. The minimum Gasteiger partial charge on any atom is -0.344 e. The fourth-order valence-electron chi connectivity index (χ4n) is 10.1. The van der Waals surface area contributed by atoms with Gasteiger partial charge in [-0.05, 0) is 115 Å². The molecule has 0 saturated carbocycles. The number of benzene rings is 4. The third-order valence-corrected chi connectivity index (χ3v) is 19.1. The lowest BCUT2D eigenvalue weighted by Crippen LogP contribution is -2.28. The van der Waals surface area contributed by atoms with Crippen molar-refractivity contribution in [3.63, 3.8) is 0 Å². The molecule has 7 N–H and O–H groups in total. The lowest BCUT2D eigenvalue weighted by atomic mass is 9.79. The second kappa shape index (κ2) is 21.1. The van der Waals surface area contributed by atoms with E-state index in [9.17, 15) is 65.1 Å². The average Bonchev–Trinajstić information content (AvgIpc) is 4.17. The second-order valence-electron chi connectivity index (χ2n) is 19.7. The highest BCUT2D eigenvalue weighted by molar-refractivity contribution is 7.91. The largest absolute Gasteiger partial charge is 0.344 e. The van der Waals surface area contributed by atoms with Crippen molar-refractivity contribution in [1.29, 1.82) is 0 Å². The Bertz CT molecular complexity index is 4210. The van der Waals surface area contributed by atoms with Gasteiger partial charge in [0.15, 0.2) is 5.71 Å². The number of nitrogens with zero attached hydrogens (tertiary/aromatic N) is 5. The molecule has 0 radical (unpaired) electrons. The van der Waals surface area contributed by atoms with Crippen molar-refractivity contribution in [2.24, 2.45) is 5.14 Å². The lowest BCUT2D eigenvalue weighted by molar-refractivity contribution is -0.437. The quantitative estimate of drug-likeness (QED) is 0.0206. The normalized spacial score (nSPS) is 16.5. The van der Waals surface area contributed by atoms with Gasteiger partial charge in [-0.25, -0.2) is 13.6 Å². The summed E-state index contributed by atoms with van der Waals surface area (Å²) in [5.74, 6) is -1.15. The number of aryl methyl sites for hydroxylation is 1. The van der Waals surface area contributed by atoms with E-state index in [0.29, 0.717) is 63.1 Å². The Morgan fingerprint density at radius 3 is 2.12 bits per heavy atom. The van der Waals surface area contributed by atoms with Crippen molar-refractivity contribution in [3.05, 3.63) is 125 Å². The predicted molar refractivity (Wildman–Crippen MR) is 294 cm³/mol. The minimum absolute atomic E-state index is 0.0322. The van der Waals surface area contributed by atoms with E-state index in [1.54, 1.807) is 48.8 Å². The van der Waals surface area contributed by atoms with E-state index in [4.69, 9.17) is 10.1 Å². The van der Waals surface area contributed by atoms with Crippen LogP contribution in [0.1, 0.15) is 82.7 Å². The third kappa shape index (κ3) is 12.0. The topological polar surface area (TPSA) is 352 Å². The Hall–Kier alpha value is -6.18. The van der Waals surface area contributed by atoms with Crippen LogP contribution < -0.4 is 15.4 Å². The number of sulfonamides is 1. The monoisotopic (exact) mass is 1180 g/mol. The number of amides is 1. The zero-order chi connectivity index (χ0) is 57.1. The summed E-state index contributed by atoms with van der Waals surface area (Å²) in [6, 6.07) is 16.4. The van der Waals surface area contributed by atoms with E-state index in [2.05, 4.69) is 20.4 Å². The van der Waals surface area contributed by atoms with Crippen LogP contribution in [0.25, 0.3) is 27.1 Å². The first-order valence-electron chi connectivity index (χ1n) is 23.9. The summed E-state index contributed by atoms with van der Waals surface area (Å²) in [7, 11) is -23.3. The van der Waals surface area contributed by atoms with Crippen molar-refractivity contribution in [2.45, 2.75) is 96.6 Å². The van der Waals surface area contributed by atoms with Gasteiger partial charge in [-0.2, -0.15) is 38.2 Å². The fraction of sp³-hybridized carbons (Fsp3) is 0.300. The second-order valence-corrected chi connectivity index (χ2v) is 28.2. The van der Waals surface area contributed by atoms with Crippen LogP contribution in [0.15, 0.2) is 122 Å². The molecule has 78 heavy (non-hydrogen) atoms. The van der Waals surface area contributed by atoms with Gasteiger partial charge in [0.25, 0.3) is 50.5 Å². The van der Waals surface area contributed by atoms with Crippen LogP contribution in [-0.4, -0.2) is 111 Å². The third-order valence-electron chi connectivity index (χ3n) is 13.6. The number of pyridine rings is 1. The summed E-state index contributed by atoms with van der Waals surface area (Å²) in [6.07, 6.45) is 10.3. The number of aromatic nitrogens is 3. The van der Waals surface area contributed by atoms with Gasteiger partial charge >= 0.3 is 0 Å². The summed E-state index contributed by atoms with van der Waals surface area (Å²) < 4.78 is 165. The first-order valence-corrected chi connectivity index (χ1v) is 32.2. The fourth-order valence-corrected chi connectivity index (χ4v) is 13.8. The van der Waals surface area contributed by atoms with Gasteiger partial charge in [0, 0.05) is 71.0 Å². The number of anilines is 2. The molecule has 0 fully saturated rings. The van der Waals surface area contributed by atoms with Gasteiger partial charge in [0.2, 0.25) is 21.1 Å². The summed E-state index contributed by atoms with van der Waals surface area (Å²) in [6.45, 7) is 10.1. The van der Waals surface area contributed by atoms with E-state index in [1.165, 1.54) is 30.5 Å². The van der Waals surface area contributed by atoms with Crippen molar-refractivity contribution in [2.75, 3.05) is 29.1 Å². The molecular weight excluding hydrogens is 1130 g/mol. The lowest BCUT2D eigenvalue weighted by Gasteiger charge is -2.27. The first kappa shape index (κ1) is 58.0. The van der Waals surface area contributed by atoms with Crippen LogP contribution in [0.3, 0.4) is 0 Å². The molecule has 0 aliphatic carbocycles. The van der Waals surface area contributed by atoms with Crippen LogP contribution in [0.4, 0.5) is 16.5 Å². The summed E-state index contributed by atoms with van der Waals surface area (Å²) in [5, 5.41) is 16.1. The number of fused-ring (bicyclic) bond motifs is 6.